The predicted molar refractivity (Wildman–Crippen MR) is 242 cm³/mol. The number of sulfone groups is 1. The average Bonchev–Trinajstić information content (AvgIpc) is 3.94. The van der Waals surface area contributed by atoms with Crippen LogP contribution < -0.4 is 15.5 Å². The Hall–Kier alpha value is -4.30. The molecule has 5 fully saturated rings. The van der Waals surface area contributed by atoms with E-state index in [2.05, 4.69) is 36.3 Å². The van der Waals surface area contributed by atoms with Gasteiger partial charge in [0.05, 0.1) is 16.9 Å². The zero-order valence-corrected chi connectivity index (χ0v) is 37.2. The van der Waals surface area contributed by atoms with Crippen LogP contribution in [0.2, 0.25) is 0 Å². The Morgan fingerprint density at radius 1 is 0.790 bits per heavy atom. The van der Waals surface area contributed by atoms with Crippen LogP contribution >= 0.6 is 0 Å². The standard InChI is InChI=1S/C49H65FN6O5S/c1-61-48(58)52-46-15-7-14-45(46)49(36-55-27-9-28-55,39-10-5-11-40(50)32-39)38-22-29-54(30-23-38)34-37-21-31-56(35-37)42-17-19-43(20-18-42)62(59,60)44-13-6-12-41(33-44)51-47(57)16-8-26-53-24-3-2-4-25-53/h5-6,8,10-13,16-20,32-33,37-38,45-46H,2-4,7,9,14-15,21-31,34-36H2,1H3,(H,51,57)(H,52,58)/b16-8+/t37-,45-,46-,49-/m0/s1. The van der Waals surface area contributed by atoms with Gasteiger partial charge >= 0.3 is 6.09 Å². The van der Waals surface area contributed by atoms with Gasteiger partial charge in [-0.25, -0.2) is 17.6 Å². The summed E-state index contributed by atoms with van der Waals surface area (Å²) in [4.78, 5) is 35.4. The number of nitrogens with zero attached hydrogens (tertiary/aromatic N) is 4. The van der Waals surface area contributed by atoms with Gasteiger partial charge in [0.25, 0.3) is 0 Å². The molecule has 3 aromatic carbocycles. The fourth-order valence-corrected chi connectivity index (χ4v) is 12.6. The van der Waals surface area contributed by atoms with E-state index in [0.717, 1.165) is 122 Å². The Balaban J connectivity index is 0.877. The third kappa shape index (κ3) is 10.2. The molecule has 334 valence electrons. The van der Waals surface area contributed by atoms with Crippen LogP contribution in [0, 0.1) is 23.6 Å². The number of ether oxygens (including phenoxy) is 1. The van der Waals surface area contributed by atoms with Gasteiger partial charge in [-0.1, -0.05) is 37.1 Å². The number of hydrogen-bond donors (Lipinski definition) is 2. The van der Waals surface area contributed by atoms with Crippen LogP contribution in [-0.2, 0) is 24.8 Å². The van der Waals surface area contributed by atoms with Gasteiger partial charge in [-0.3, -0.25) is 9.69 Å². The quantitative estimate of drug-likeness (QED) is 0.152. The molecule has 2 amide bonds. The van der Waals surface area contributed by atoms with Gasteiger partial charge in [0.1, 0.15) is 5.82 Å². The number of benzene rings is 3. The van der Waals surface area contributed by atoms with Gasteiger partial charge in [-0.15, -0.1) is 0 Å². The Labute approximate surface area is 368 Å². The molecule has 4 saturated heterocycles. The third-order valence-corrected chi connectivity index (χ3v) is 16.4. The summed E-state index contributed by atoms with van der Waals surface area (Å²) < 4.78 is 47.6. The van der Waals surface area contributed by atoms with Gasteiger partial charge in [-0.05, 0) is 169 Å². The molecule has 0 bridgehead atoms. The SMILES string of the molecule is COC(=O)N[C@H]1CCC[C@@H]1[C@](CN1CCC1)(c1cccc(F)c1)C1CCN(C[C@@H]2CCN(c3ccc(S(=O)(=O)c4cccc(NC(=O)/C=C/CN5CCCCC5)c4)cc3)C2)CC1. The third-order valence-electron chi connectivity index (χ3n) is 14.6. The number of anilines is 2. The van der Waals surface area contributed by atoms with Crippen LogP contribution in [0.5, 0.6) is 0 Å². The second kappa shape index (κ2) is 20.0. The summed E-state index contributed by atoms with van der Waals surface area (Å²) in [5.41, 5.74) is 2.24. The van der Waals surface area contributed by atoms with Crippen molar-refractivity contribution in [1.82, 2.24) is 20.0 Å². The van der Waals surface area contributed by atoms with Gasteiger partial charge in [-0.2, -0.15) is 0 Å². The van der Waals surface area contributed by atoms with Gasteiger partial charge in [0.2, 0.25) is 15.7 Å². The summed E-state index contributed by atoms with van der Waals surface area (Å²) in [5, 5.41) is 6.02. The number of halogens is 1. The van der Waals surface area contributed by atoms with Crippen molar-refractivity contribution in [3.05, 3.63) is 96.3 Å². The van der Waals surface area contributed by atoms with Crippen LogP contribution in [0.3, 0.4) is 0 Å². The van der Waals surface area contributed by atoms with Gasteiger partial charge < -0.3 is 30.1 Å². The first-order valence-corrected chi connectivity index (χ1v) is 24.5. The van der Waals surface area contributed by atoms with Crippen molar-refractivity contribution >= 4 is 33.2 Å². The van der Waals surface area contributed by atoms with Crippen LogP contribution in [-0.4, -0.2) is 120 Å². The maximum atomic E-state index is 15.1. The normalized spacial score (nSPS) is 24.2. The summed E-state index contributed by atoms with van der Waals surface area (Å²) in [6.45, 7) is 10.6. The number of hydrogen-bond acceptors (Lipinski definition) is 9. The van der Waals surface area contributed by atoms with E-state index < -0.39 is 15.9 Å². The van der Waals surface area contributed by atoms with Gasteiger partial charge in [0.15, 0.2) is 0 Å². The zero-order valence-electron chi connectivity index (χ0n) is 36.4. The molecule has 11 nitrogen and oxygen atoms in total. The van der Waals surface area contributed by atoms with Crippen LogP contribution in [0.1, 0.15) is 69.8 Å². The highest BCUT2D eigenvalue weighted by atomic mass is 32.2. The predicted octanol–water partition coefficient (Wildman–Crippen LogP) is 7.35. The van der Waals surface area contributed by atoms with E-state index in [1.807, 2.05) is 24.3 Å². The van der Waals surface area contributed by atoms with Crippen LogP contribution in [0.25, 0.3) is 0 Å². The monoisotopic (exact) mass is 868 g/mol. The number of carbonyl (C=O) groups excluding carboxylic acids is 2. The molecule has 1 aliphatic carbocycles. The topological polar surface area (TPSA) is 115 Å². The lowest BCUT2D eigenvalue weighted by Gasteiger charge is -2.53. The molecule has 4 heterocycles. The maximum absolute atomic E-state index is 15.1. The van der Waals surface area contributed by atoms with E-state index in [1.54, 1.807) is 42.5 Å². The first-order valence-electron chi connectivity index (χ1n) is 23.1. The lowest BCUT2D eigenvalue weighted by Crippen LogP contribution is -2.59. The molecular weight excluding hydrogens is 804 g/mol. The first-order chi connectivity index (χ1) is 30.1. The molecule has 2 N–H and O–H groups in total. The van der Waals surface area contributed by atoms with Crippen LogP contribution in [0.15, 0.2) is 94.7 Å². The highest BCUT2D eigenvalue weighted by molar-refractivity contribution is 7.91. The van der Waals surface area contributed by atoms with Crippen molar-refractivity contribution in [3.8, 4) is 0 Å². The molecule has 0 radical (unpaired) electrons. The molecular formula is C49H65FN6O5S. The maximum Gasteiger partial charge on any atom is 0.407 e. The Bertz CT molecular complexity index is 2140. The summed E-state index contributed by atoms with van der Waals surface area (Å²) >= 11 is 0. The van der Waals surface area contributed by atoms with E-state index in [1.165, 1.54) is 44.9 Å². The summed E-state index contributed by atoms with van der Waals surface area (Å²) in [6, 6.07) is 21.0. The number of rotatable bonds is 15. The number of methoxy groups -OCH3 is 1. The Kier molecular flexibility index (Phi) is 14.3. The Morgan fingerprint density at radius 3 is 2.27 bits per heavy atom. The number of carbonyl (C=O) groups is 2. The second-order valence-electron chi connectivity index (χ2n) is 18.4. The summed E-state index contributed by atoms with van der Waals surface area (Å²) in [6.07, 6.45) is 13.8. The molecule has 0 aromatic heterocycles. The minimum absolute atomic E-state index is 0.0178. The molecule has 5 aliphatic rings. The van der Waals surface area contributed by atoms with Crippen molar-refractivity contribution in [3.63, 3.8) is 0 Å². The molecule has 13 heteroatoms. The minimum atomic E-state index is -3.80. The highest BCUT2D eigenvalue weighted by Crippen LogP contribution is 2.51. The molecule has 62 heavy (non-hydrogen) atoms. The number of alkyl carbamates (subject to hydrolysis) is 1. The molecule has 0 unspecified atom stereocenters. The lowest BCUT2D eigenvalue weighted by molar-refractivity contribution is -0.111. The van der Waals surface area contributed by atoms with E-state index in [9.17, 15) is 18.0 Å². The number of piperidine rings is 2. The fourth-order valence-electron chi connectivity index (χ4n) is 11.3. The Morgan fingerprint density at radius 2 is 1.55 bits per heavy atom. The molecule has 4 aliphatic heterocycles. The summed E-state index contributed by atoms with van der Waals surface area (Å²) in [5.74, 6) is 0.538. The molecule has 1 saturated carbocycles. The smallest absolute Gasteiger partial charge is 0.407 e. The molecule has 4 atom stereocenters. The number of likely N-dealkylation sites (tertiary alicyclic amines) is 3. The van der Waals surface area contributed by atoms with Crippen molar-refractivity contribution < 1.29 is 27.1 Å². The lowest BCUT2D eigenvalue weighted by atomic mass is 9.57. The number of nitrogens with one attached hydrogen (secondary N) is 2. The van der Waals surface area contributed by atoms with Crippen LogP contribution in [0.4, 0.5) is 20.6 Å². The van der Waals surface area contributed by atoms with Crippen molar-refractivity contribution in [2.24, 2.45) is 17.8 Å². The largest absolute Gasteiger partial charge is 0.453 e. The van der Waals surface area contributed by atoms with E-state index in [-0.39, 0.29) is 38.9 Å². The molecule has 0 spiro atoms. The highest BCUT2D eigenvalue weighted by Gasteiger charge is 2.53. The van der Waals surface area contributed by atoms with E-state index in [4.69, 9.17) is 4.74 Å². The van der Waals surface area contributed by atoms with Crippen molar-refractivity contribution in [1.29, 1.82) is 0 Å². The number of amides is 2. The second-order valence-corrected chi connectivity index (χ2v) is 20.4. The van der Waals surface area contributed by atoms with Crippen molar-refractivity contribution in [2.75, 3.05) is 89.3 Å². The zero-order chi connectivity index (χ0) is 43.1. The molecule has 3 aromatic rings. The first kappa shape index (κ1) is 44.3. The van der Waals surface area contributed by atoms with Gasteiger partial charge in [0, 0.05) is 61.6 Å². The minimum Gasteiger partial charge on any atom is -0.453 e. The fraction of sp³-hybridized carbons (Fsp3) is 0.551. The summed E-state index contributed by atoms with van der Waals surface area (Å²) in [7, 11) is -2.38. The van der Waals surface area contributed by atoms with E-state index in [0.29, 0.717) is 17.5 Å². The molecule has 8 rings (SSSR count). The average molecular weight is 869 g/mol. The van der Waals surface area contributed by atoms with Crippen molar-refractivity contribution in [2.45, 2.75) is 85.5 Å². The van der Waals surface area contributed by atoms with E-state index >= 15 is 4.39 Å².